The lowest BCUT2D eigenvalue weighted by Crippen LogP contribution is -2.14. The standard InChI is InChI=1S/C14H13ClN6O2S/c1-8-16-13(23-20-8)17-11(22)7-24-14-19-18-12(21(14)2)9-5-3-4-6-10(9)15/h3-6H,7H2,1-2H3,(H,16,17,20,22). The summed E-state index contributed by atoms with van der Waals surface area (Å²) >= 11 is 7.43. The van der Waals surface area contributed by atoms with Gasteiger partial charge in [-0.1, -0.05) is 40.7 Å². The monoisotopic (exact) mass is 364 g/mol. The van der Waals surface area contributed by atoms with E-state index >= 15 is 0 Å². The number of thioether (sulfide) groups is 1. The van der Waals surface area contributed by atoms with Gasteiger partial charge in [-0.25, -0.2) is 0 Å². The highest BCUT2D eigenvalue weighted by Crippen LogP contribution is 2.28. The molecule has 0 aliphatic rings. The van der Waals surface area contributed by atoms with E-state index in [2.05, 4.69) is 25.7 Å². The number of carbonyl (C=O) groups excluding carboxylic acids is 1. The fraction of sp³-hybridized carbons (Fsp3) is 0.214. The van der Waals surface area contributed by atoms with Crippen LogP contribution in [0.5, 0.6) is 0 Å². The van der Waals surface area contributed by atoms with Crippen molar-refractivity contribution < 1.29 is 9.32 Å². The van der Waals surface area contributed by atoms with Crippen LogP contribution in [0.4, 0.5) is 6.01 Å². The van der Waals surface area contributed by atoms with E-state index in [9.17, 15) is 4.79 Å². The van der Waals surface area contributed by atoms with Gasteiger partial charge in [-0.3, -0.25) is 10.1 Å². The first-order chi connectivity index (χ1) is 11.5. The van der Waals surface area contributed by atoms with Crippen molar-refractivity contribution in [3.8, 4) is 11.4 Å². The number of aromatic nitrogens is 5. The Kier molecular flexibility index (Phi) is 4.81. The topological polar surface area (TPSA) is 98.7 Å². The second-order valence-electron chi connectivity index (χ2n) is 4.83. The fourth-order valence-corrected chi connectivity index (χ4v) is 2.88. The predicted octanol–water partition coefficient (Wildman–Crippen LogP) is 2.56. The highest BCUT2D eigenvalue weighted by molar-refractivity contribution is 7.99. The van der Waals surface area contributed by atoms with Crippen LogP contribution < -0.4 is 5.32 Å². The zero-order valence-corrected chi connectivity index (χ0v) is 14.4. The van der Waals surface area contributed by atoms with Gasteiger partial charge in [0.05, 0.1) is 10.8 Å². The third kappa shape index (κ3) is 3.57. The summed E-state index contributed by atoms with van der Waals surface area (Å²) in [6.45, 7) is 1.67. The maximum Gasteiger partial charge on any atom is 0.328 e. The maximum atomic E-state index is 11.9. The van der Waals surface area contributed by atoms with Crippen molar-refractivity contribution >= 4 is 35.3 Å². The summed E-state index contributed by atoms with van der Waals surface area (Å²) in [6.07, 6.45) is 0. The van der Waals surface area contributed by atoms with Crippen molar-refractivity contribution in [2.45, 2.75) is 12.1 Å². The van der Waals surface area contributed by atoms with Crippen molar-refractivity contribution in [2.24, 2.45) is 7.05 Å². The minimum Gasteiger partial charge on any atom is -0.315 e. The lowest BCUT2D eigenvalue weighted by atomic mass is 10.2. The molecule has 0 aliphatic carbocycles. The van der Waals surface area contributed by atoms with Gasteiger partial charge in [0, 0.05) is 12.6 Å². The van der Waals surface area contributed by atoms with Gasteiger partial charge in [0.1, 0.15) is 0 Å². The molecule has 1 N–H and O–H groups in total. The van der Waals surface area contributed by atoms with Gasteiger partial charge in [0.15, 0.2) is 16.8 Å². The second kappa shape index (κ2) is 7.02. The third-order valence-electron chi connectivity index (χ3n) is 3.06. The summed E-state index contributed by atoms with van der Waals surface area (Å²) in [6, 6.07) is 7.46. The molecule has 0 saturated carbocycles. The van der Waals surface area contributed by atoms with E-state index in [4.69, 9.17) is 16.1 Å². The van der Waals surface area contributed by atoms with E-state index in [0.29, 0.717) is 21.8 Å². The molecule has 10 heteroatoms. The molecule has 8 nitrogen and oxygen atoms in total. The quantitative estimate of drug-likeness (QED) is 0.694. The first-order valence-corrected chi connectivity index (χ1v) is 8.28. The number of nitrogens with one attached hydrogen (secondary N) is 1. The Hall–Kier alpha value is -2.39. The molecule has 0 spiro atoms. The Balaban J connectivity index is 1.66. The number of hydrogen-bond acceptors (Lipinski definition) is 7. The molecule has 3 aromatic rings. The van der Waals surface area contributed by atoms with Gasteiger partial charge in [-0.2, -0.15) is 4.98 Å². The lowest BCUT2D eigenvalue weighted by Gasteiger charge is -2.05. The molecule has 24 heavy (non-hydrogen) atoms. The smallest absolute Gasteiger partial charge is 0.315 e. The largest absolute Gasteiger partial charge is 0.328 e. The van der Waals surface area contributed by atoms with Crippen LogP contribution in [-0.2, 0) is 11.8 Å². The van der Waals surface area contributed by atoms with Gasteiger partial charge >= 0.3 is 6.01 Å². The summed E-state index contributed by atoms with van der Waals surface area (Å²) in [5.74, 6) is 0.952. The molecule has 0 radical (unpaired) electrons. The molecule has 2 aromatic heterocycles. The van der Waals surface area contributed by atoms with Crippen LogP contribution >= 0.6 is 23.4 Å². The molecule has 0 saturated heterocycles. The number of carbonyl (C=O) groups is 1. The first kappa shape index (κ1) is 16.5. The van der Waals surface area contributed by atoms with E-state index in [1.54, 1.807) is 17.6 Å². The zero-order chi connectivity index (χ0) is 17.1. The third-order valence-corrected chi connectivity index (χ3v) is 4.41. The number of halogens is 1. The molecule has 1 aromatic carbocycles. The molecular weight excluding hydrogens is 352 g/mol. The SMILES string of the molecule is Cc1noc(NC(=O)CSc2nnc(-c3ccccc3Cl)n2C)n1. The Labute approximate surface area is 146 Å². The van der Waals surface area contributed by atoms with Gasteiger partial charge < -0.3 is 9.09 Å². The number of amides is 1. The molecular formula is C14H13ClN6O2S. The molecule has 0 bridgehead atoms. The van der Waals surface area contributed by atoms with Gasteiger partial charge in [0.25, 0.3) is 0 Å². The molecule has 0 aliphatic heterocycles. The number of hydrogen-bond donors (Lipinski definition) is 1. The fourth-order valence-electron chi connectivity index (χ4n) is 1.95. The minimum atomic E-state index is -0.272. The van der Waals surface area contributed by atoms with Crippen LogP contribution in [0.2, 0.25) is 5.02 Å². The minimum absolute atomic E-state index is 0.0767. The van der Waals surface area contributed by atoms with E-state index in [1.165, 1.54) is 11.8 Å². The van der Waals surface area contributed by atoms with Gasteiger partial charge in [0.2, 0.25) is 5.91 Å². The van der Waals surface area contributed by atoms with E-state index < -0.39 is 0 Å². The summed E-state index contributed by atoms with van der Waals surface area (Å²) < 4.78 is 6.62. The Morgan fingerprint density at radius 1 is 1.38 bits per heavy atom. The van der Waals surface area contributed by atoms with Crippen molar-refractivity contribution in [3.05, 3.63) is 35.1 Å². The molecule has 1 amide bonds. The molecule has 0 unspecified atom stereocenters. The molecule has 0 atom stereocenters. The predicted molar refractivity (Wildman–Crippen MR) is 89.8 cm³/mol. The summed E-state index contributed by atoms with van der Waals surface area (Å²) in [5.41, 5.74) is 0.784. The van der Waals surface area contributed by atoms with E-state index in [-0.39, 0.29) is 17.7 Å². The zero-order valence-electron chi connectivity index (χ0n) is 12.9. The van der Waals surface area contributed by atoms with Crippen molar-refractivity contribution in [3.63, 3.8) is 0 Å². The summed E-state index contributed by atoms with van der Waals surface area (Å²) in [7, 11) is 1.82. The Morgan fingerprint density at radius 2 is 2.17 bits per heavy atom. The van der Waals surface area contributed by atoms with Crippen LogP contribution in [-0.4, -0.2) is 36.6 Å². The number of anilines is 1. The van der Waals surface area contributed by atoms with Crippen LogP contribution in [0.3, 0.4) is 0 Å². The summed E-state index contributed by atoms with van der Waals surface area (Å²) in [4.78, 5) is 15.8. The highest BCUT2D eigenvalue weighted by atomic mass is 35.5. The maximum absolute atomic E-state index is 11.9. The number of nitrogens with zero attached hydrogens (tertiary/aromatic N) is 5. The average molecular weight is 365 g/mol. The van der Waals surface area contributed by atoms with Crippen molar-refractivity contribution in [2.75, 3.05) is 11.1 Å². The first-order valence-electron chi connectivity index (χ1n) is 6.92. The molecule has 3 rings (SSSR count). The molecule has 2 heterocycles. The summed E-state index contributed by atoms with van der Waals surface area (Å²) in [5, 5.41) is 15.6. The molecule has 124 valence electrons. The molecule has 0 fully saturated rings. The van der Waals surface area contributed by atoms with Gasteiger partial charge in [-0.15, -0.1) is 10.2 Å². The number of benzene rings is 1. The number of aryl methyl sites for hydroxylation is 1. The Bertz CT molecular complexity index is 878. The van der Waals surface area contributed by atoms with E-state index in [1.807, 2.05) is 25.2 Å². The Morgan fingerprint density at radius 3 is 2.88 bits per heavy atom. The lowest BCUT2D eigenvalue weighted by molar-refractivity contribution is -0.114. The van der Waals surface area contributed by atoms with Crippen LogP contribution in [0.25, 0.3) is 11.4 Å². The van der Waals surface area contributed by atoms with Crippen molar-refractivity contribution in [1.82, 2.24) is 24.9 Å². The highest BCUT2D eigenvalue weighted by Gasteiger charge is 2.15. The normalized spacial score (nSPS) is 10.8. The average Bonchev–Trinajstić information content (AvgIpc) is 3.12. The van der Waals surface area contributed by atoms with Crippen LogP contribution in [0.1, 0.15) is 5.82 Å². The van der Waals surface area contributed by atoms with Crippen LogP contribution in [0, 0.1) is 6.92 Å². The van der Waals surface area contributed by atoms with E-state index in [0.717, 1.165) is 5.56 Å². The van der Waals surface area contributed by atoms with Gasteiger partial charge in [-0.05, 0) is 19.1 Å². The van der Waals surface area contributed by atoms with Crippen molar-refractivity contribution in [1.29, 1.82) is 0 Å². The second-order valence-corrected chi connectivity index (χ2v) is 6.18. The van der Waals surface area contributed by atoms with Crippen LogP contribution in [0.15, 0.2) is 33.9 Å². The number of rotatable bonds is 5.